The Bertz CT molecular complexity index is 546. The fourth-order valence-electron chi connectivity index (χ4n) is 1.47. The number of hydrogen-bond donors (Lipinski definition) is 0. The molecule has 4 heteroatoms. The van der Waals surface area contributed by atoms with Gasteiger partial charge in [0.1, 0.15) is 5.82 Å². The average molecular weight is 327 g/mol. The van der Waals surface area contributed by atoms with E-state index in [0.717, 1.165) is 10.0 Å². The first-order valence-corrected chi connectivity index (χ1v) is 6.52. The summed E-state index contributed by atoms with van der Waals surface area (Å²) >= 11 is 9.26. The molecule has 0 bridgehead atoms. The van der Waals surface area contributed by atoms with Crippen molar-refractivity contribution in [1.29, 1.82) is 0 Å². The third kappa shape index (κ3) is 3.40. The van der Waals surface area contributed by atoms with Crippen molar-refractivity contribution in [1.82, 2.24) is 0 Å². The zero-order valence-electron chi connectivity index (χ0n) is 9.41. The van der Waals surface area contributed by atoms with E-state index in [1.54, 1.807) is 12.1 Å². The van der Waals surface area contributed by atoms with Gasteiger partial charge in [-0.3, -0.25) is 4.99 Å². The molecule has 0 aliphatic heterocycles. The zero-order chi connectivity index (χ0) is 13.0. The van der Waals surface area contributed by atoms with Crippen molar-refractivity contribution in [2.24, 2.45) is 4.99 Å². The molecule has 0 fully saturated rings. The molecule has 0 amide bonds. The Kier molecular flexibility index (Phi) is 4.50. The summed E-state index contributed by atoms with van der Waals surface area (Å²) in [6, 6.07) is 12.4. The molecule has 0 atom stereocenters. The zero-order valence-corrected chi connectivity index (χ0v) is 11.7. The Labute approximate surface area is 118 Å². The predicted octanol–water partition coefficient (Wildman–Crippen LogP) is 4.86. The van der Waals surface area contributed by atoms with Crippen LogP contribution in [-0.2, 0) is 6.54 Å². The third-order valence-electron chi connectivity index (χ3n) is 2.41. The maximum Gasteiger partial charge on any atom is 0.133 e. The van der Waals surface area contributed by atoms with E-state index >= 15 is 0 Å². The molecule has 0 N–H and O–H groups in total. The lowest BCUT2D eigenvalue weighted by Crippen LogP contribution is -1.90. The number of hydrogen-bond acceptors (Lipinski definition) is 1. The average Bonchev–Trinajstić information content (AvgIpc) is 2.35. The highest BCUT2D eigenvalue weighted by atomic mass is 79.9. The Hall–Kier alpha value is -1.19. The number of nitrogens with zero attached hydrogens (tertiary/aromatic N) is 1. The summed E-state index contributed by atoms with van der Waals surface area (Å²) in [6.07, 6.45) is 1.47. The molecule has 0 aliphatic carbocycles. The smallest absolute Gasteiger partial charge is 0.133 e. The number of rotatable bonds is 3. The first-order chi connectivity index (χ1) is 8.66. The fraction of sp³-hybridized carbons (Fsp3) is 0.0714. The molecule has 0 radical (unpaired) electrons. The van der Waals surface area contributed by atoms with Gasteiger partial charge < -0.3 is 0 Å². The molecule has 0 unspecified atom stereocenters. The number of aliphatic imine (C=N–C) groups is 1. The minimum Gasteiger partial charge on any atom is -0.288 e. The van der Waals surface area contributed by atoms with Crippen LogP contribution >= 0.6 is 27.5 Å². The molecule has 0 saturated heterocycles. The van der Waals surface area contributed by atoms with Gasteiger partial charge in [-0.1, -0.05) is 45.7 Å². The standard InChI is InChI=1S/C14H10BrClFN/c15-11-6-4-10(5-7-11)8-18-9-12-13(16)2-1-3-14(12)17/h1-7,9H,8H2. The lowest BCUT2D eigenvalue weighted by molar-refractivity contribution is 0.626. The molecule has 0 aromatic heterocycles. The lowest BCUT2D eigenvalue weighted by atomic mass is 10.2. The molecule has 92 valence electrons. The molecule has 2 rings (SSSR count). The van der Waals surface area contributed by atoms with Crippen LogP contribution in [-0.4, -0.2) is 6.21 Å². The van der Waals surface area contributed by atoms with Gasteiger partial charge in [0, 0.05) is 16.3 Å². The number of benzene rings is 2. The highest BCUT2D eigenvalue weighted by Gasteiger charge is 2.02. The summed E-state index contributed by atoms with van der Waals surface area (Å²) in [5.41, 5.74) is 1.39. The quantitative estimate of drug-likeness (QED) is 0.714. The van der Waals surface area contributed by atoms with E-state index in [-0.39, 0.29) is 5.82 Å². The van der Waals surface area contributed by atoms with Gasteiger partial charge in [-0.25, -0.2) is 4.39 Å². The van der Waals surface area contributed by atoms with Crippen LogP contribution in [0.1, 0.15) is 11.1 Å². The van der Waals surface area contributed by atoms with Crippen molar-refractivity contribution < 1.29 is 4.39 Å². The van der Waals surface area contributed by atoms with Crippen LogP contribution in [0.3, 0.4) is 0 Å². The Balaban J connectivity index is 2.10. The molecule has 2 aromatic carbocycles. The van der Waals surface area contributed by atoms with Crippen LogP contribution < -0.4 is 0 Å². The number of halogens is 3. The molecule has 18 heavy (non-hydrogen) atoms. The van der Waals surface area contributed by atoms with Crippen LogP contribution in [0, 0.1) is 5.82 Å². The maximum absolute atomic E-state index is 13.4. The van der Waals surface area contributed by atoms with Crippen LogP contribution in [0.15, 0.2) is 51.9 Å². The molecule has 0 saturated carbocycles. The van der Waals surface area contributed by atoms with Crippen molar-refractivity contribution in [2.45, 2.75) is 6.54 Å². The molecule has 1 nitrogen and oxygen atoms in total. The minimum atomic E-state index is -0.359. The Morgan fingerprint density at radius 3 is 2.56 bits per heavy atom. The van der Waals surface area contributed by atoms with Crippen molar-refractivity contribution >= 4 is 33.7 Å². The highest BCUT2D eigenvalue weighted by molar-refractivity contribution is 9.10. The molecule has 0 spiro atoms. The van der Waals surface area contributed by atoms with Gasteiger partial charge in [0.2, 0.25) is 0 Å². The van der Waals surface area contributed by atoms with Gasteiger partial charge in [-0.15, -0.1) is 0 Å². The normalized spacial score (nSPS) is 11.1. The second-order valence-electron chi connectivity index (χ2n) is 3.73. The second kappa shape index (κ2) is 6.12. The van der Waals surface area contributed by atoms with E-state index in [2.05, 4.69) is 20.9 Å². The van der Waals surface area contributed by atoms with Gasteiger partial charge in [-0.05, 0) is 29.8 Å². The first-order valence-electron chi connectivity index (χ1n) is 5.35. The van der Waals surface area contributed by atoms with Crippen LogP contribution in [0.25, 0.3) is 0 Å². The molecule has 2 aromatic rings. The topological polar surface area (TPSA) is 12.4 Å². The van der Waals surface area contributed by atoms with E-state index in [0.29, 0.717) is 17.1 Å². The molecule has 0 aliphatic rings. The fourth-order valence-corrected chi connectivity index (χ4v) is 1.94. The van der Waals surface area contributed by atoms with E-state index in [1.807, 2.05) is 24.3 Å². The molecular weight excluding hydrogens is 317 g/mol. The van der Waals surface area contributed by atoms with Crippen molar-refractivity contribution in [2.75, 3.05) is 0 Å². The van der Waals surface area contributed by atoms with Gasteiger partial charge in [0.05, 0.1) is 11.6 Å². The van der Waals surface area contributed by atoms with Gasteiger partial charge in [0.25, 0.3) is 0 Å². The van der Waals surface area contributed by atoms with Crippen LogP contribution in [0.2, 0.25) is 5.02 Å². The predicted molar refractivity (Wildman–Crippen MR) is 76.9 cm³/mol. The summed E-state index contributed by atoms with van der Waals surface area (Å²) in [4.78, 5) is 4.20. The largest absolute Gasteiger partial charge is 0.288 e. The molecular formula is C14H10BrClFN. The minimum absolute atomic E-state index is 0.330. The molecule has 0 heterocycles. The summed E-state index contributed by atoms with van der Waals surface area (Å²) in [6.45, 7) is 0.498. The second-order valence-corrected chi connectivity index (χ2v) is 5.05. The van der Waals surface area contributed by atoms with E-state index < -0.39 is 0 Å². The Morgan fingerprint density at radius 2 is 1.89 bits per heavy atom. The van der Waals surface area contributed by atoms with E-state index in [9.17, 15) is 4.39 Å². The summed E-state index contributed by atoms with van der Waals surface area (Å²) in [7, 11) is 0. The van der Waals surface area contributed by atoms with Gasteiger partial charge in [-0.2, -0.15) is 0 Å². The highest BCUT2D eigenvalue weighted by Crippen LogP contribution is 2.17. The SMILES string of the molecule is Fc1cccc(Cl)c1C=NCc1ccc(Br)cc1. The van der Waals surface area contributed by atoms with Gasteiger partial charge >= 0.3 is 0 Å². The monoisotopic (exact) mass is 325 g/mol. The van der Waals surface area contributed by atoms with Crippen molar-refractivity contribution in [3.05, 3.63) is 68.9 Å². The summed E-state index contributed by atoms with van der Waals surface area (Å²) < 4.78 is 14.5. The van der Waals surface area contributed by atoms with Crippen LogP contribution in [0.5, 0.6) is 0 Å². The lowest BCUT2D eigenvalue weighted by Gasteiger charge is -2.00. The third-order valence-corrected chi connectivity index (χ3v) is 3.27. The Morgan fingerprint density at radius 1 is 1.17 bits per heavy atom. The van der Waals surface area contributed by atoms with Crippen molar-refractivity contribution in [3.8, 4) is 0 Å². The van der Waals surface area contributed by atoms with E-state index in [1.165, 1.54) is 12.3 Å². The first kappa shape index (κ1) is 13.2. The summed E-state index contributed by atoms with van der Waals surface area (Å²) in [5.74, 6) is -0.359. The maximum atomic E-state index is 13.4. The van der Waals surface area contributed by atoms with Gasteiger partial charge in [0.15, 0.2) is 0 Å². The van der Waals surface area contributed by atoms with E-state index in [4.69, 9.17) is 11.6 Å². The van der Waals surface area contributed by atoms with Crippen molar-refractivity contribution in [3.63, 3.8) is 0 Å². The van der Waals surface area contributed by atoms with Crippen LogP contribution in [0.4, 0.5) is 4.39 Å². The summed E-state index contributed by atoms with van der Waals surface area (Å²) in [5, 5.41) is 0.370.